The van der Waals surface area contributed by atoms with Crippen LogP contribution < -0.4 is 21.7 Å². The Balaban J connectivity index is 2.15. The monoisotopic (exact) mass is 532 g/mol. The topological polar surface area (TPSA) is 179 Å². The van der Waals surface area contributed by atoms with E-state index in [9.17, 15) is 24.3 Å². The number of hydrogen-bond acceptors (Lipinski definition) is 7. The number of benzene rings is 1. The maximum Gasteiger partial charge on any atom is 0.326 e. The van der Waals surface area contributed by atoms with E-state index in [1.807, 2.05) is 36.6 Å². The first kappa shape index (κ1) is 29.8. The van der Waals surface area contributed by atoms with Crippen LogP contribution in [0.3, 0.4) is 0 Å². The first-order valence-corrected chi connectivity index (χ1v) is 13.4. The van der Waals surface area contributed by atoms with Crippen LogP contribution in [0, 0.1) is 5.92 Å². The van der Waals surface area contributed by atoms with Gasteiger partial charge in [-0.1, -0.05) is 44.2 Å². The molecular weight excluding hydrogens is 496 g/mol. The number of imidazole rings is 1. The molecule has 0 saturated carbocycles. The zero-order valence-corrected chi connectivity index (χ0v) is 22.1. The van der Waals surface area contributed by atoms with Crippen LogP contribution in [0.4, 0.5) is 0 Å². The molecule has 0 unspecified atom stereocenters. The third kappa shape index (κ3) is 9.89. The predicted molar refractivity (Wildman–Crippen MR) is 142 cm³/mol. The normalized spacial score (nSPS) is 14.3. The number of hydrogen-bond donors (Lipinski definition) is 6. The summed E-state index contributed by atoms with van der Waals surface area (Å²) >= 11 is 1.47. The van der Waals surface area contributed by atoms with Crippen molar-refractivity contribution >= 4 is 35.5 Å². The summed E-state index contributed by atoms with van der Waals surface area (Å²) in [7, 11) is 0. The van der Waals surface area contributed by atoms with Crippen molar-refractivity contribution in [1.82, 2.24) is 25.9 Å². The summed E-state index contributed by atoms with van der Waals surface area (Å²) in [5.41, 5.74) is 7.48. The number of nitrogens with two attached hydrogens (primary N) is 1. The molecule has 2 aromatic rings. The predicted octanol–water partition coefficient (Wildman–Crippen LogP) is 0.470. The van der Waals surface area contributed by atoms with Crippen LogP contribution in [0.1, 0.15) is 31.5 Å². The lowest BCUT2D eigenvalue weighted by Gasteiger charge is -2.27. The average Bonchev–Trinajstić information content (AvgIpc) is 3.37. The Morgan fingerprint density at radius 2 is 1.68 bits per heavy atom. The van der Waals surface area contributed by atoms with Crippen molar-refractivity contribution in [3.63, 3.8) is 0 Å². The summed E-state index contributed by atoms with van der Waals surface area (Å²) < 4.78 is 0. The standard InChI is InChI=1S/C25H36N6O5S/c1-15(2)21(31-22(32)18(26)12-17-13-27-14-28-17)24(34)30-20(11-16-7-5-4-6-8-16)23(33)29-19(25(35)36)9-10-37-3/h4-8,13-15,18-21H,9-12,26H2,1-3H3,(H,27,28)(H,29,33)(H,30,34)(H,31,32)(H,35,36)/t18-,19-,20-,21-/m0/s1. The van der Waals surface area contributed by atoms with Crippen molar-refractivity contribution in [3.8, 4) is 0 Å². The van der Waals surface area contributed by atoms with E-state index >= 15 is 0 Å². The van der Waals surface area contributed by atoms with Gasteiger partial charge in [0, 0.05) is 24.7 Å². The van der Waals surface area contributed by atoms with Gasteiger partial charge in [-0.15, -0.1) is 0 Å². The molecular formula is C25H36N6O5S. The summed E-state index contributed by atoms with van der Waals surface area (Å²) in [6.45, 7) is 3.53. The highest BCUT2D eigenvalue weighted by atomic mass is 32.2. The SMILES string of the molecule is CSCC[C@H](NC(=O)[C@H](Cc1ccccc1)NC(=O)[C@@H](NC(=O)[C@@H](N)Cc1cnc[nH]1)C(C)C)C(=O)O. The second kappa shape index (κ2) is 15.0. The number of rotatable bonds is 15. The lowest BCUT2D eigenvalue weighted by atomic mass is 10.00. The molecule has 1 aromatic heterocycles. The molecule has 202 valence electrons. The van der Waals surface area contributed by atoms with Gasteiger partial charge < -0.3 is 31.8 Å². The number of carbonyl (C=O) groups is 4. The summed E-state index contributed by atoms with van der Waals surface area (Å²) in [5.74, 6) is -2.61. The van der Waals surface area contributed by atoms with Gasteiger partial charge in [-0.3, -0.25) is 14.4 Å². The average molecular weight is 533 g/mol. The van der Waals surface area contributed by atoms with Gasteiger partial charge in [0.15, 0.2) is 0 Å². The fourth-order valence-electron chi connectivity index (χ4n) is 3.61. The minimum Gasteiger partial charge on any atom is -0.480 e. The molecule has 0 radical (unpaired) electrons. The Labute approximate surface area is 220 Å². The summed E-state index contributed by atoms with van der Waals surface area (Å²) in [6.07, 6.45) is 5.50. The number of carboxylic acid groups (broad SMARTS) is 1. The largest absolute Gasteiger partial charge is 0.480 e. The van der Waals surface area contributed by atoms with Gasteiger partial charge in [-0.25, -0.2) is 9.78 Å². The summed E-state index contributed by atoms with van der Waals surface area (Å²) in [4.78, 5) is 57.6. The van der Waals surface area contributed by atoms with E-state index in [0.717, 1.165) is 5.56 Å². The van der Waals surface area contributed by atoms with Gasteiger partial charge in [0.2, 0.25) is 17.7 Å². The van der Waals surface area contributed by atoms with E-state index in [1.54, 1.807) is 20.0 Å². The highest BCUT2D eigenvalue weighted by molar-refractivity contribution is 7.98. The van der Waals surface area contributed by atoms with Gasteiger partial charge in [0.25, 0.3) is 0 Å². The number of nitrogens with one attached hydrogen (secondary N) is 4. The Bertz CT molecular complexity index is 1020. The molecule has 2 rings (SSSR count). The molecule has 7 N–H and O–H groups in total. The number of aromatic nitrogens is 2. The summed E-state index contributed by atoms with van der Waals surface area (Å²) in [6, 6.07) is 5.06. The van der Waals surface area contributed by atoms with Crippen molar-refractivity contribution in [2.75, 3.05) is 12.0 Å². The van der Waals surface area contributed by atoms with Crippen LogP contribution in [-0.4, -0.2) is 74.9 Å². The Morgan fingerprint density at radius 3 is 2.24 bits per heavy atom. The highest BCUT2D eigenvalue weighted by Gasteiger charge is 2.31. The van der Waals surface area contributed by atoms with Gasteiger partial charge in [0.1, 0.15) is 18.1 Å². The van der Waals surface area contributed by atoms with Crippen molar-refractivity contribution in [2.24, 2.45) is 11.7 Å². The maximum absolute atomic E-state index is 13.3. The molecule has 0 aliphatic carbocycles. The van der Waals surface area contributed by atoms with E-state index in [0.29, 0.717) is 11.4 Å². The van der Waals surface area contributed by atoms with Crippen LogP contribution in [0.15, 0.2) is 42.9 Å². The molecule has 0 fully saturated rings. The molecule has 0 bridgehead atoms. The molecule has 0 aliphatic heterocycles. The van der Waals surface area contributed by atoms with E-state index in [4.69, 9.17) is 5.73 Å². The maximum atomic E-state index is 13.3. The number of carboxylic acids is 1. The molecule has 3 amide bonds. The Kier molecular flexibility index (Phi) is 12.1. The second-order valence-corrected chi connectivity index (χ2v) is 10.0. The van der Waals surface area contributed by atoms with Crippen LogP contribution in [0.25, 0.3) is 0 Å². The number of carbonyl (C=O) groups excluding carboxylic acids is 3. The molecule has 4 atom stereocenters. The summed E-state index contributed by atoms with van der Waals surface area (Å²) in [5, 5.41) is 17.5. The first-order valence-electron chi connectivity index (χ1n) is 12.0. The molecule has 11 nitrogen and oxygen atoms in total. The van der Waals surface area contributed by atoms with Gasteiger partial charge in [-0.2, -0.15) is 11.8 Å². The van der Waals surface area contributed by atoms with Gasteiger partial charge >= 0.3 is 5.97 Å². The van der Waals surface area contributed by atoms with Crippen molar-refractivity contribution in [2.45, 2.75) is 57.3 Å². The quantitative estimate of drug-likeness (QED) is 0.191. The van der Waals surface area contributed by atoms with Crippen LogP contribution in [-0.2, 0) is 32.0 Å². The third-order valence-corrected chi connectivity index (χ3v) is 6.36. The molecule has 1 heterocycles. The minimum absolute atomic E-state index is 0.144. The lowest BCUT2D eigenvalue weighted by molar-refractivity contribution is -0.142. The van der Waals surface area contributed by atoms with Gasteiger partial charge in [-0.05, 0) is 29.9 Å². The number of amides is 3. The Morgan fingerprint density at radius 1 is 1.00 bits per heavy atom. The number of aromatic amines is 1. The number of H-pyrrole nitrogens is 1. The molecule has 37 heavy (non-hydrogen) atoms. The van der Waals surface area contributed by atoms with Crippen LogP contribution >= 0.6 is 11.8 Å². The van der Waals surface area contributed by atoms with E-state index < -0.39 is 47.9 Å². The van der Waals surface area contributed by atoms with E-state index in [1.165, 1.54) is 18.1 Å². The minimum atomic E-state index is -1.15. The number of thioether (sulfide) groups is 1. The second-order valence-electron chi connectivity index (χ2n) is 9.05. The van der Waals surface area contributed by atoms with E-state index in [2.05, 4.69) is 25.9 Å². The smallest absolute Gasteiger partial charge is 0.326 e. The van der Waals surface area contributed by atoms with E-state index in [-0.39, 0.29) is 25.2 Å². The third-order valence-electron chi connectivity index (χ3n) is 5.72. The fourth-order valence-corrected chi connectivity index (χ4v) is 4.08. The number of aliphatic carboxylic acids is 1. The first-order chi connectivity index (χ1) is 17.6. The molecule has 0 aliphatic rings. The molecule has 0 saturated heterocycles. The fraction of sp³-hybridized carbons (Fsp3) is 0.480. The number of nitrogens with zero attached hydrogens (tertiary/aromatic N) is 1. The van der Waals surface area contributed by atoms with Crippen LogP contribution in [0.2, 0.25) is 0 Å². The Hall–Kier alpha value is -3.38. The molecule has 12 heteroatoms. The van der Waals surface area contributed by atoms with Crippen molar-refractivity contribution in [3.05, 3.63) is 54.1 Å². The molecule has 1 aromatic carbocycles. The van der Waals surface area contributed by atoms with Crippen molar-refractivity contribution < 1.29 is 24.3 Å². The zero-order valence-electron chi connectivity index (χ0n) is 21.3. The highest BCUT2D eigenvalue weighted by Crippen LogP contribution is 2.09. The molecule has 0 spiro atoms. The zero-order chi connectivity index (χ0) is 27.4. The van der Waals surface area contributed by atoms with Gasteiger partial charge in [0.05, 0.1) is 12.4 Å². The lowest BCUT2D eigenvalue weighted by Crippen LogP contribution is -2.59. The van der Waals surface area contributed by atoms with Crippen molar-refractivity contribution in [1.29, 1.82) is 0 Å². The van der Waals surface area contributed by atoms with Crippen LogP contribution in [0.5, 0.6) is 0 Å².